The van der Waals surface area contributed by atoms with Crippen molar-refractivity contribution in [3.8, 4) is 5.75 Å². The molecule has 5 heteroatoms. The fourth-order valence-electron chi connectivity index (χ4n) is 2.31. The molecule has 1 N–H and O–H groups in total. The van der Waals surface area contributed by atoms with Crippen molar-refractivity contribution in [2.45, 2.75) is 16.2 Å². The van der Waals surface area contributed by atoms with Gasteiger partial charge in [-0.2, -0.15) is 0 Å². The first-order chi connectivity index (χ1) is 12.1. The van der Waals surface area contributed by atoms with Gasteiger partial charge in [-0.15, -0.1) is 0 Å². The molecule has 3 rings (SSSR count). The van der Waals surface area contributed by atoms with Gasteiger partial charge >= 0.3 is 0 Å². The van der Waals surface area contributed by atoms with Gasteiger partial charge in [-0.1, -0.05) is 30.0 Å². The first-order valence-electron chi connectivity index (χ1n) is 7.66. The minimum Gasteiger partial charge on any atom is -0.507 e. The summed E-state index contributed by atoms with van der Waals surface area (Å²) in [5.74, 6) is -0.854. The Bertz CT molecular complexity index is 895. The molecule has 0 aliphatic rings. The van der Waals surface area contributed by atoms with Crippen molar-refractivity contribution in [3.05, 3.63) is 84.2 Å². The molecule has 0 aliphatic heterocycles. The lowest BCUT2D eigenvalue weighted by Crippen LogP contribution is -2.09. The van der Waals surface area contributed by atoms with Gasteiger partial charge < -0.3 is 5.11 Å². The van der Waals surface area contributed by atoms with Crippen LogP contribution in [0.25, 0.3) is 0 Å². The molecule has 0 aliphatic carbocycles. The van der Waals surface area contributed by atoms with Gasteiger partial charge in [0.1, 0.15) is 5.75 Å². The Kier molecular flexibility index (Phi) is 5.26. The molecule has 3 aromatic rings. The van der Waals surface area contributed by atoms with E-state index in [1.807, 2.05) is 30.3 Å². The predicted octanol–water partition coefficient (Wildman–Crippen LogP) is 4.39. The number of carbonyl (C=O) groups is 2. The number of hydrogen-bond donors (Lipinski definition) is 1. The van der Waals surface area contributed by atoms with E-state index in [9.17, 15) is 14.7 Å². The third kappa shape index (κ3) is 4.33. The Morgan fingerprint density at radius 1 is 0.920 bits per heavy atom. The second kappa shape index (κ2) is 7.77. The second-order valence-electron chi connectivity index (χ2n) is 5.36. The van der Waals surface area contributed by atoms with Crippen LogP contribution in [0, 0.1) is 0 Å². The smallest absolute Gasteiger partial charge is 0.174 e. The van der Waals surface area contributed by atoms with Crippen LogP contribution in [-0.4, -0.2) is 21.7 Å². The summed E-state index contributed by atoms with van der Waals surface area (Å²) in [6.45, 7) is 0. The van der Waals surface area contributed by atoms with Gasteiger partial charge in [0.15, 0.2) is 11.6 Å². The Balaban J connectivity index is 1.72. The summed E-state index contributed by atoms with van der Waals surface area (Å²) < 4.78 is 0. The SMILES string of the molecule is O=C(CC(=O)c1ccc(Sc2ccccc2)cc1O)c1cccnc1. The topological polar surface area (TPSA) is 67.3 Å². The molecule has 0 atom stereocenters. The van der Waals surface area contributed by atoms with Crippen molar-refractivity contribution in [1.29, 1.82) is 0 Å². The number of hydrogen-bond acceptors (Lipinski definition) is 5. The largest absolute Gasteiger partial charge is 0.507 e. The standard InChI is InChI=1S/C20H15NO3S/c22-18(14-5-4-10-21-13-14)12-20(24)17-9-8-16(11-19(17)23)25-15-6-2-1-3-7-15/h1-11,13,23H,12H2. The first kappa shape index (κ1) is 16.9. The normalized spacial score (nSPS) is 10.4. The average molecular weight is 349 g/mol. The summed E-state index contributed by atoms with van der Waals surface area (Å²) in [5.41, 5.74) is 0.529. The second-order valence-corrected chi connectivity index (χ2v) is 6.51. The molecule has 0 fully saturated rings. The zero-order chi connectivity index (χ0) is 17.6. The minimum atomic E-state index is -0.414. The van der Waals surface area contributed by atoms with Crippen LogP contribution < -0.4 is 0 Å². The molecule has 25 heavy (non-hydrogen) atoms. The van der Waals surface area contributed by atoms with Crippen LogP contribution in [0.4, 0.5) is 0 Å². The van der Waals surface area contributed by atoms with Crippen molar-refractivity contribution in [3.63, 3.8) is 0 Å². The van der Waals surface area contributed by atoms with Crippen molar-refractivity contribution in [1.82, 2.24) is 4.98 Å². The molecule has 0 saturated carbocycles. The molecule has 1 aromatic heterocycles. The molecular formula is C20H15NO3S. The number of pyridine rings is 1. The van der Waals surface area contributed by atoms with E-state index in [0.717, 1.165) is 9.79 Å². The third-order valence-corrected chi connectivity index (χ3v) is 4.55. The van der Waals surface area contributed by atoms with Crippen LogP contribution in [0.1, 0.15) is 27.1 Å². The van der Waals surface area contributed by atoms with E-state index in [2.05, 4.69) is 4.98 Å². The summed E-state index contributed by atoms with van der Waals surface area (Å²) >= 11 is 1.49. The minimum absolute atomic E-state index is 0.120. The quantitative estimate of drug-likeness (QED) is 0.528. The molecule has 2 aromatic carbocycles. The maximum Gasteiger partial charge on any atom is 0.174 e. The van der Waals surface area contributed by atoms with E-state index >= 15 is 0 Å². The molecule has 0 unspecified atom stereocenters. The van der Waals surface area contributed by atoms with Gasteiger partial charge in [0, 0.05) is 27.7 Å². The monoisotopic (exact) mass is 349 g/mol. The first-order valence-corrected chi connectivity index (χ1v) is 8.47. The van der Waals surface area contributed by atoms with Crippen LogP contribution in [0.15, 0.2) is 82.8 Å². The summed E-state index contributed by atoms with van der Waals surface area (Å²) in [6, 6.07) is 17.8. The van der Waals surface area contributed by atoms with E-state index < -0.39 is 5.78 Å². The highest BCUT2D eigenvalue weighted by atomic mass is 32.2. The number of benzene rings is 2. The molecule has 0 spiro atoms. The van der Waals surface area contributed by atoms with Crippen LogP contribution in [0.3, 0.4) is 0 Å². The third-order valence-electron chi connectivity index (χ3n) is 3.55. The number of rotatable bonds is 6. The van der Waals surface area contributed by atoms with E-state index in [0.29, 0.717) is 5.56 Å². The zero-order valence-electron chi connectivity index (χ0n) is 13.3. The lowest BCUT2D eigenvalue weighted by molar-refractivity contribution is 0.0893. The Hall–Kier alpha value is -2.92. The summed E-state index contributed by atoms with van der Waals surface area (Å²) in [5, 5.41) is 10.2. The van der Waals surface area contributed by atoms with Crippen LogP contribution in [-0.2, 0) is 0 Å². The van der Waals surface area contributed by atoms with E-state index in [-0.39, 0.29) is 23.5 Å². The lowest BCUT2D eigenvalue weighted by Gasteiger charge is -2.07. The Morgan fingerprint density at radius 3 is 2.40 bits per heavy atom. The number of nitrogens with zero attached hydrogens (tertiary/aromatic N) is 1. The molecule has 124 valence electrons. The van der Waals surface area contributed by atoms with Crippen LogP contribution >= 0.6 is 11.8 Å². The number of carbonyl (C=O) groups excluding carboxylic acids is 2. The summed E-state index contributed by atoms with van der Waals surface area (Å²) in [4.78, 5) is 30.1. The molecular weight excluding hydrogens is 334 g/mol. The van der Waals surface area contributed by atoms with Crippen molar-refractivity contribution < 1.29 is 14.7 Å². The molecule has 0 radical (unpaired) electrons. The summed E-state index contributed by atoms with van der Waals surface area (Å²) in [6.07, 6.45) is 2.69. The van der Waals surface area contributed by atoms with Gasteiger partial charge in [0.2, 0.25) is 0 Å². The van der Waals surface area contributed by atoms with Crippen LogP contribution in [0.5, 0.6) is 5.75 Å². The fraction of sp³-hybridized carbons (Fsp3) is 0.0500. The van der Waals surface area contributed by atoms with Gasteiger partial charge in [-0.25, -0.2) is 0 Å². The van der Waals surface area contributed by atoms with Gasteiger partial charge in [-0.05, 0) is 42.5 Å². The molecule has 0 saturated heterocycles. The van der Waals surface area contributed by atoms with Gasteiger partial charge in [0.05, 0.1) is 12.0 Å². The van der Waals surface area contributed by atoms with E-state index in [4.69, 9.17) is 0 Å². The lowest BCUT2D eigenvalue weighted by atomic mass is 10.0. The molecule has 0 bridgehead atoms. The average Bonchev–Trinajstić information content (AvgIpc) is 2.63. The van der Waals surface area contributed by atoms with Crippen molar-refractivity contribution in [2.75, 3.05) is 0 Å². The highest BCUT2D eigenvalue weighted by Gasteiger charge is 2.17. The van der Waals surface area contributed by atoms with E-state index in [1.54, 1.807) is 36.5 Å². The van der Waals surface area contributed by atoms with Gasteiger partial charge in [-0.3, -0.25) is 14.6 Å². The molecule has 1 heterocycles. The number of phenolic OH excluding ortho intramolecular Hbond substituents is 1. The molecule has 4 nitrogen and oxygen atoms in total. The number of aromatic nitrogens is 1. The summed E-state index contributed by atoms with van der Waals surface area (Å²) in [7, 11) is 0. The Morgan fingerprint density at radius 2 is 1.72 bits per heavy atom. The predicted molar refractivity (Wildman–Crippen MR) is 96.2 cm³/mol. The van der Waals surface area contributed by atoms with Gasteiger partial charge in [0.25, 0.3) is 0 Å². The maximum absolute atomic E-state index is 12.3. The highest BCUT2D eigenvalue weighted by molar-refractivity contribution is 7.99. The number of aromatic hydroxyl groups is 1. The number of Topliss-reactive ketones (excluding diaryl/α,β-unsaturated/α-hetero) is 2. The van der Waals surface area contributed by atoms with Crippen LogP contribution in [0.2, 0.25) is 0 Å². The zero-order valence-corrected chi connectivity index (χ0v) is 14.1. The fourth-order valence-corrected chi connectivity index (χ4v) is 3.18. The molecule has 0 amide bonds. The Labute approximate surface area is 149 Å². The highest BCUT2D eigenvalue weighted by Crippen LogP contribution is 2.31. The maximum atomic E-state index is 12.3. The van der Waals surface area contributed by atoms with Crippen molar-refractivity contribution >= 4 is 23.3 Å². The van der Waals surface area contributed by atoms with E-state index in [1.165, 1.54) is 18.0 Å². The van der Waals surface area contributed by atoms with Crippen molar-refractivity contribution in [2.24, 2.45) is 0 Å². The number of phenols is 1. The number of ketones is 2.